The normalized spacial score (nSPS) is 10.4. The molecule has 0 aliphatic carbocycles. The van der Waals surface area contributed by atoms with Crippen LogP contribution in [0.1, 0.15) is 5.69 Å². The van der Waals surface area contributed by atoms with Crippen LogP contribution in [0.2, 0.25) is 0 Å². The van der Waals surface area contributed by atoms with E-state index in [2.05, 4.69) is 10.6 Å². The third kappa shape index (κ3) is 3.72. The molecular weight excluding hydrogens is 376 g/mol. The number of hydrogen-bond donors (Lipinski definition) is 2. The minimum Gasteiger partial charge on any atom is -0.497 e. The second-order valence-corrected chi connectivity index (χ2v) is 6.49. The van der Waals surface area contributed by atoms with Gasteiger partial charge in [0.15, 0.2) is 5.11 Å². The molecule has 146 valence electrons. The number of nitrogens with zero attached hydrogens (tertiary/aromatic N) is 2. The van der Waals surface area contributed by atoms with E-state index in [0.29, 0.717) is 22.9 Å². The lowest BCUT2D eigenvalue weighted by atomic mass is 10.2. The Morgan fingerprint density at radius 3 is 2.39 bits per heavy atom. The molecule has 0 atom stereocenters. The summed E-state index contributed by atoms with van der Waals surface area (Å²) < 4.78 is 13.9. The molecule has 0 bridgehead atoms. The molecule has 28 heavy (non-hydrogen) atoms. The lowest BCUT2D eigenvalue weighted by Gasteiger charge is -2.13. The summed E-state index contributed by atoms with van der Waals surface area (Å²) in [5, 5.41) is 6.37. The number of rotatable bonds is 5. The lowest BCUT2D eigenvalue weighted by molar-refractivity contribution is 0.395. The van der Waals surface area contributed by atoms with Crippen LogP contribution < -0.4 is 25.7 Å². The molecule has 0 spiro atoms. The fraction of sp³-hybridized carbons (Fsp3) is 0.200. The van der Waals surface area contributed by atoms with E-state index in [-0.39, 0.29) is 10.7 Å². The summed E-state index contributed by atoms with van der Waals surface area (Å²) in [6.45, 7) is 1.86. The van der Waals surface area contributed by atoms with Crippen molar-refractivity contribution in [1.82, 2.24) is 9.36 Å². The molecule has 0 radical (unpaired) electrons. The van der Waals surface area contributed by atoms with Crippen LogP contribution >= 0.6 is 12.2 Å². The molecule has 1 aromatic heterocycles. The topological polar surface area (TPSA) is 69.5 Å². The summed E-state index contributed by atoms with van der Waals surface area (Å²) in [5.74, 6) is 1.25. The standard InChI is InChI=1S/C20H22N4O3S/c1-13-18(19(25)24(23(13)2)14-8-6-5-7-9-14)22-20(28)21-16-11-10-15(26-3)12-17(16)27-4/h5-12H,1-4H3,(H2,21,22,28). The second kappa shape index (κ2) is 8.18. The third-order valence-electron chi connectivity index (χ3n) is 4.45. The first-order chi connectivity index (χ1) is 13.5. The Bertz CT molecular complexity index is 1060. The van der Waals surface area contributed by atoms with Gasteiger partial charge in [0.05, 0.1) is 31.3 Å². The predicted octanol–water partition coefficient (Wildman–Crippen LogP) is 3.31. The molecule has 0 aliphatic heterocycles. The van der Waals surface area contributed by atoms with E-state index in [1.807, 2.05) is 44.3 Å². The number of ether oxygens (including phenoxy) is 2. The van der Waals surface area contributed by atoms with Crippen LogP contribution in [-0.4, -0.2) is 28.7 Å². The Morgan fingerprint density at radius 1 is 1.04 bits per heavy atom. The Hall–Kier alpha value is -3.26. The fourth-order valence-corrected chi connectivity index (χ4v) is 3.09. The van der Waals surface area contributed by atoms with Crippen molar-refractivity contribution < 1.29 is 9.47 Å². The van der Waals surface area contributed by atoms with Crippen molar-refractivity contribution in [2.75, 3.05) is 24.9 Å². The van der Waals surface area contributed by atoms with E-state index < -0.39 is 0 Å². The molecule has 0 aliphatic rings. The average molecular weight is 398 g/mol. The molecule has 7 nitrogen and oxygen atoms in total. The van der Waals surface area contributed by atoms with Crippen LogP contribution in [0.3, 0.4) is 0 Å². The molecule has 2 aromatic carbocycles. The maximum Gasteiger partial charge on any atom is 0.295 e. The molecule has 2 N–H and O–H groups in total. The van der Waals surface area contributed by atoms with Crippen molar-refractivity contribution in [2.24, 2.45) is 7.05 Å². The summed E-state index contributed by atoms with van der Waals surface area (Å²) in [6, 6.07) is 14.8. The van der Waals surface area contributed by atoms with Gasteiger partial charge in [0, 0.05) is 13.1 Å². The van der Waals surface area contributed by atoms with Gasteiger partial charge >= 0.3 is 0 Å². The van der Waals surface area contributed by atoms with Crippen molar-refractivity contribution in [3.63, 3.8) is 0 Å². The van der Waals surface area contributed by atoms with Gasteiger partial charge in [-0.25, -0.2) is 4.68 Å². The summed E-state index contributed by atoms with van der Waals surface area (Å²) in [7, 11) is 4.98. The fourth-order valence-electron chi connectivity index (χ4n) is 2.88. The highest BCUT2D eigenvalue weighted by Crippen LogP contribution is 2.29. The Balaban J connectivity index is 1.87. The number of anilines is 2. The number of para-hydroxylation sites is 1. The van der Waals surface area contributed by atoms with E-state index in [1.54, 1.807) is 41.8 Å². The van der Waals surface area contributed by atoms with Crippen LogP contribution in [-0.2, 0) is 7.05 Å². The van der Waals surface area contributed by atoms with E-state index >= 15 is 0 Å². The summed E-state index contributed by atoms with van der Waals surface area (Å²) in [6.07, 6.45) is 0. The molecule has 0 saturated carbocycles. The maximum atomic E-state index is 13.0. The Morgan fingerprint density at radius 2 is 1.75 bits per heavy atom. The van der Waals surface area contributed by atoms with E-state index in [1.165, 1.54) is 0 Å². The zero-order chi connectivity index (χ0) is 20.3. The van der Waals surface area contributed by atoms with Gasteiger partial charge in [-0.05, 0) is 43.4 Å². The van der Waals surface area contributed by atoms with Gasteiger partial charge in [0.25, 0.3) is 5.56 Å². The van der Waals surface area contributed by atoms with Crippen LogP contribution in [0.5, 0.6) is 11.5 Å². The third-order valence-corrected chi connectivity index (χ3v) is 4.65. The molecule has 0 saturated heterocycles. The second-order valence-electron chi connectivity index (χ2n) is 6.08. The van der Waals surface area contributed by atoms with Crippen LogP contribution in [0.15, 0.2) is 53.3 Å². The molecule has 1 heterocycles. The molecule has 3 rings (SSSR count). The summed E-state index contributed by atoms with van der Waals surface area (Å²) >= 11 is 5.41. The number of hydrogen-bond acceptors (Lipinski definition) is 4. The average Bonchev–Trinajstić information content (AvgIpc) is 2.92. The largest absolute Gasteiger partial charge is 0.497 e. The van der Waals surface area contributed by atoms with Gasteiger partial charge in [-0.1, -0.05) is 18.2 Å². The number of benzene rings is 2. The van der Waals surface area contributed by atoms with Crippen molar-refractivity contribution in [1.29, 1.82) is 0 Å². The van der Waals surface area contributed by atoms with Crippen LogP contribution in [0.4, 0.5) is 11.4 Å². The van der Waals surface area contributed by atoms with E-state index in [9.17, 15) is 4.79 Å². The maximum absolute atomic E-state index is 13.0. The summed E-state index contributed by atoms with van der Waals surface area (Å²) in [5.41, 5.74) is 2.44. The first kappa shape index (κ1) is 19.5. The van der Waals surface area contributed by atoms with Crippen LogP contribution in [0, 0.1) is 6.92 Å². The number of thiocarbonyl (C=S) groups is 1. The smallest absolute Gasteiger partial charge is 0.295 e. The Kier molecular flexibility index (Phi) is 5.70. The number of nitrogens with one attached hydrogen (secondary N) is 2. The minimum absolute atomic E-state index is 0.183. The number of methoxy groups -OCH3 is 2. The van der Waals surface area contributed by atoms with Crippen molar-refractivity contribution >= 4 is 28.7 Å². The highest BCUT2D eigenvalue weighted by Gasteiger charge is 2.17. The lowest BCUT2D eigenvalue weighted by Crippen LogP contribution is -2.25. The monoisotopic (exact) mass is 398 g/mol. The zero-order valence-corrected chi connectivity index (χ0v) is 17.0. The minimum atomic E-state index is -0.183. The molecule has 8 heteroatoms. The molecule has 3 aromatic rings. The first-order valence-electron chi connectivity index (χ1n) is 8.60. The summed E-state index contributed by atoms with van der Waals surface area (Å²) in [4.78, 5) is 13.0. The van der Waals surface area contributed by atoms with Gasteiger partial charge in [-0.2, -0.15) is 0 Å². The van der Waals surface area contributed by atoms with E-state index in [0.717, 1.165) is 11.4 Å². The molecular formula is C20H22N4O3S. The highest BCUT2D eigenvalue weighted by molar-refractivity contribution is 7.80. The first-order valence-corrected chi connectivity index (χ1v) is 9.01. The Labute approximate surface area is 168 Å². The van der Waals surface area contributed by atoms with Gasteiger partial charge in [0.1, 0.15) is 17.2 Å². The quantitative estimate of drug-likeness (QED) is 0.643. The SMILES string of the molecule is COc1ccc(NC(=S)Nc2c(C)n(C)n(-c3ccccc3)c2=O)c(OC)c1. The van der Waals surface area contributed by atoms with Crippen molar-refractivity contribution in [2.45, 2.75) is 6.92 Å². The predicted molar refractivity (Wildman–Crippen MR) is 115 cm³/mol. The van der Waals surface area contributed by atoms with Crippen molar-refractivity contribution in [3.8, 4) is 17.2 Å². The molecule has 0 unspecified atom stereocenters. The number of aromatic nitrogens is 2. The highest BCUT2D eigenvalue weighted by atomic mass is 32.1. The molecule has 0 fully saturated rings. The van der Waals surface area contributed by atoms with Gasteiger partial charge in [-0.15, -0.1) is 0 Å². The van der Waals surface area contributed by atoms with Gasteiger partial charge in [0.2, 0.25) is 0 Å². The van der Waals surface area contributed by atoms with Gasteiger partial charge < -0.3 is 20.1 Å². The molecule has 0 amide bonds. The van der Waals surface area contributed by atoms with E-state index in [4.69, 9.17) is 21.7 Å². The van der Waals surface area contributed by atoms with Crippen molar-refractivity contribution in [3.05, 3.63) is 64.6 Å². The van der Waals surface area contributed by atoms with Crippen LogP contribution in [0.25, 0.3) is 5.69 Å². The van der Waals surface area contributed by atoms with Gasteiger partial charge in [-0.3, -0.25) is 9.48 Å². The zero-order valence-electron chi connectivity index (χ0n) is 16.1.